The summed E-state index contributed by atoms with van der Waals surface area (Å²) in [5.74, 6) is 0. The van der Waals surface area contributed by atoms with Gasteiger partial charge in [-0.25, -0.2) is 3.98 Å². The Hall–Kier alpha value is 0.347. The van der Waals surface area contributed by atoms with Gasteiger partial charge in [0.25, 0.3) is 0 Å². The molecule has 0 amide bonds. The second kappa shape index (κ2) is 6.82. The van der Waals surface area contributed by atoms with Crippen LogP contribution in [0.25, 0.3) is 0 Å². The minimum absolute atomic E-state index is 0.457. The Morgan fingerprint density at radius 3 is 1.42 bits per heavy atom. The average Bonchev–Trinajstić information content (AvgIpc) is 2.06. The summed E-state index contributed by atoms with van der Waals surface area (Å²) in [5, 5.41) is 0. The summed E-state index contributed by atoms with van der Waals surface area (Å²) in [5.41, 5.74) is 0. The van der Waals surface area contributed by atoms with Gasteiger partial charge < -0.3 is 13.3 Å². The second-order valence-electron chi connectivity index (χ2n) is 1.88. The highest BCUT2D eigenvalue weighted by Gasteiger charge is 2.45. The molecule has 0 aromatic carbocycles. The molecule has 0 rings (SSSR count). The Bertz CT molecular complexity index is 96.7. The highest BCUT2D eigenvalue weighted by molar-refractivity contribution is 6.58. The summed E-state index contributed by atoms with van der Waals surface area (Å²) in [6, 6.07) is 0. The summed E-state index contributed by atoms with van der Waals surface area (Å²) in [7, 11) is -3.00. The SMILES string of the molecule is CCO[Si](OCl)(OCC)OCC. The van der Waals surface area contributed by atoms with E-state index in [0.717, 1.165) is 0 Å². The highest BCUT2D eigenvalue weighted by Crippen LogP contribution is 2.13. The summed E-state index contributed by atoms with van der Waals surface area (Å²) in [4.78, 5) is 0. The molecular weight excluding hydrogens is 200 g/mol. The fourth-order valence-electron chi connectivity index (χ4n) is 0.722. The van der Waals surface area contributed by atoms with Crippen molar-refractivity contribution < 1.29 is 17.3 Å². The van der Waals surface area contributed by atoms with Gasteiger partial charge >= 0.3 is 9.05 Å². The molecule has 6 heteroatoms. The van der Waals surface area contributed by atoms with E-state index in [4.69, 9.17) is 25.1 Å². The Kier molecular flexibility index (Phi) is 7.02. The maximum atomic E-state index is 5.25. The van der Waals surface area contributed by atoms with Crippen LogP contribution in [0, 0.1) is 0 Å². The fourth-order valence-corrected chi connectivity index (χ4v) is 2.57. The molecule has 4 nitrogen and oxygen atoms in total. The van der Waals surface area contributed by atoms with Crippen molar-refractivity contribution in [1.82, 2.24) is 0 Å². The van der Waals surface area contributed by atoms with Crippen LogP contribution in [-0.4, -0.2) is 28.9 Å². The number of halogens is 1. The molecule has 0 aliphatic carbocycles. The first kappa shape index (κ1) is 12.3. The average molecular weight is 215 g/mol. The van der Waals surface area contributed by atoms with Crippen LogP contribution >= 0.6 is 11.9 Å². The zero-order valence-corrected chi connectivity index (χ0v) is 9.39. The molecule has 0 unspecified atom stereocenters. The summed E-state index contributed by atoms with van der Waals surface area (Å²) < 4.78 is 20.2. The zero-order chi connectivity index (χ0) is 9.45. The quantitative estimate of drug-likeness (QED) is 0.605. The third-order valence-corrected chi connectivity index (χ3v) is 3.74. The van der Waals surface area contributed by atoms with Crippen molar-refractivity contribution in [1.29, 1.82) is 0 Å². The monoisotopic (exact) mass is 214 g/mol. The van der Waals surface area contributed by atoms with E-state index in [1.807, 2.05) is 20.8 Å². The zero-order valence-electron chi connectivity index (χ0n) is 7.63. The molecule has 0 aliphatic heterocycles. The van der Waals surface area contributed by atoms with Gasteiger partial charge in [-0.15, -0.1) is 0 Å². The maximum absolute atomic E-state index is 5.25. The molecule has 0 fully saturated rings. The van der Waals surface area contributed by atoms with Crippen LogP contribution < -0.4 is 0 Å². The second-order valence-corrected chi connectivity index (χ2v) is 4.36. The van der Waals surface area contributed by atoms with Crippen molar-refractivity contribution in [3.8, 4) is 0 Å². The van der Waals surface area contributed by atoms with Gasteiger partial charge in [-0.2, -0.15) is 0 Å². The molecule has 0 N–H and O–H groups in total. The molecule has 0 radical (unpaired) electrons. The van der Waals surface area contributed by atoms with Crippen LogP contribution in [0.15, 0.2) is 0 Å². The molecule has 0 aliphatic rings. The standard InChI is InChI=1S/C6H15ClO4Si/c1-4-8-12(11-7,9-5-2)10-6-3/h4-6H2,1-3H3. The van der Waals surface area contributed by atoms with Crippen LogP contribution in [0.4, 0.5) is 0 Å². The van der Waals surface area contributed by atoms with Gasteiger partial charge in [-0.1, -0.05) is 0 Å². The predicted molar refractivity (Wildman–Crippen MR) is 47.6 cm³/mol. The van der Waals surface area contributed by atoms with E-state index in [1.54, 1.807) is 0 Å². The van der Waals surface area contributed by atoms with E-state index < -0.39 is 9.05 Å². The minimum Gasteiger partial charge on any atom is -0.351 e. The normalized spacial score (nSPS) is 12.0. The fraction of sp³-hybridized carbons (Fsp3) is 1.00. The summed E-state index contributed by atoms with van der Waals surface area (Å²) >= 11 is 5.25. The van der Waals surface area contributed by atoms with Crippen molar-refractivity contribution in [3.63, 3.8) is 0 Å². The first-order chi connectivity index (χ1) is 5.74. The van der Waals surface area contributed by atoms with Crippen LogP contribution in [0.2, 0.25) is 0 Å². The molecular formula is C6H15ClO4Si. The van der Waals surface area contributed by atoms with E-state index in [0.29, 0.717) is 19.8 Å². The Labute approximate surface area is 79.4 Å². The van der Waals surface area contributed by atoms with Crippen LogP contribution in [0.3, 0.4) is 0 Å². The number of hydrogen-bond donors (Lipinski definition) is 0. The van der Waals surface area contributed by atoms with Crippen LogP contribution in [-0.2, 0) is 17.3 Å². The maximum Gasteiger partial charge on any atom is 0.696 e. The topological polar surface area (TPSA) is 36.9 Å². The largest absolute Gasteiger partial charge is 0.696 e. The first-order valence-corrected chi connectivity index (χ1v) is 5.90. The van der Waals surface area contributed by atoms with E-state index >= 15 is 0 Å². The number of rotatable bonds is 7. The van der Waals surface area contributed by atoms with Gasteiger partial charge in [0.05, 0.1) is 11.9 Å². The number of hydrogen-bond acceptors (Lipinski definition) is 4. The molecule has 0 heterocycles. The minimum atomic E-state index is -3.00. The predicted octanol–water partition coefficient (Wildman–Crippen LogP) is 1.70. The van der Waals surface area contributed by atoms with Crippen molar-refractivity contribution in [2.45, 2.75) is 20.8 Å². The molecule has 0 aromatic rings. The van der Waals surface area contributed by atoms with Crippen molar-refractivity contribution in [2.24, 2.45) is 0 Å². The third-order valence-electron chi connectivity index (χ3n) is 1.06. The van der Waals surface area contributed by atoms with E-state index in [2.05, 4.69) is 3.98 Å². The van der Waals surface area contributed by atoms with Gasteiger partial charge in [-0.05, 0) is 20.8 Å². The molecule has 0 spiro atoms. The van der Waals surface area contributed by atoms with Crippen LogP contribution in [0.5, 0.6) is 0 Å². The highest BCUT2D eigenvalue weighted by atomic mass is 35.5. The molecule has 0 saturated heterocycles. The van der Waals surface area contributed by atoms with Gasteiger partial charge in [0.2, 0.25) is 0 Å². The molecule has 0 bridgehead atoms. The summed E-state index contributed by atoms with van der Waals surface area (Å²) in [6.07, 6.45) is 0. The lowest BCUT2D eigenvalue weighted by Crippen LogP contribution is -2.47. The lowest BCUT2D eigenvalue weighted by atomic mass is 10.9. The first-order valence-electron chi connectivity index (χ1n) is 3.96. The smallest absolute Gasteiger partial charge is 0.351 e. The Morgan fingerprint density at radius 2 is 1.25 bits per heavy atom. The van der Waals surface area contributed by atoms with E-state index in [-0.39, 0.29) is 0 Å². The molecule has 12 heavy (non-hydrogen) atoms. The Balaban J connectivity index is 4.06. The lowest BCUT2D eigenvalue weighted by Gasteiger charge is -2.22. The van der Waals surface area contributed by atoms with Crippen LogP contribution in [0.1, 0.15) is 20.8 Å². The third kappa shape index (κ3) is 3.84. The summed E-state index contributed by atoms with van der Waals surface area (Å²) in [6.45, 7) is 6.86. The van der Waals surface area contributed by atoms with Crippen molar-refractivity contribution in [3.05, 3.63) is 0 Å². The van der Waals surface area contributed by atoms with Crippen molar-refractivity contribution >= 4 is 20.9 Å². The van der Waals surface area contributed by atoms with E-state index in [9.17, 15) is 0 Å². The molecule has 0 atom stereocenters. The van der Waals surface area contributed by atoms with E-state index in [1.165, 1.54) is 0 Å². The molecule has 0 aromatic heterocycles. The molecule has 74 valence electrons. The van der Waals surface area contributed by atoms with Crippen molar-refractivity contribution in [2.75, 3.05) is 19.8 Å². The Morgan fingerprint density at radius 1 is 0.917 bits per heavy atom. The van der Waals surface area contributed by atoms with Gasteiger partial charge in [0.1, 0.15) is 0 Å². The molecule has 0 saturated carbocycles. The van der Waals surface area contributed by atoms with Gasteiger partial charge in [0.15, 0.2) is 0 Å². The lowest BCUT2D eigenvalue weighted by molar-refractivity contribution is 0.0125. The van der Waals surface area contributed by atoms with Gasteiger partial charge in [-0.3, -0.25) is 0 Å². The van der Waals surface area contributed by atoms with Gasteiger partial charge in [0, 0.05) is 19.8 Å².